The summed E-state index contributed by atoms with van der Waals surface area (Å²) >= 11 is 0. The number of nitrogens with one attached hydrogen (secondary N) is 1. The zero-order valence-corrected chi connectivity index (χ0v) is 15.8. The molecule has 1 aromatic carbocycles. The van der Waals surface area contributed by atoms with Crippen molar-refractivity contribution in [1.82, 2.24) is 15.2 Å². The molecule has 7 nitrogen and oxygen atoms in total. The van der Waals surface area contributed by atoms with Crippen LogP contribution in [0.4, 0.5) is 5.82 Å². The first-order chi connectivity index (χ1) is 13.7. The quantitative estimate of drug-likeness (QED) is 0.856. The number of hydrogen-bond acceptors (Lipinski definition) is 6. The Morgan fingerprint density at radius 2 is 1.89 bits per heavy atom. The molecule has 146 valence electrons. The van der Waals surface area contributed by atoms with E-state index in [2.05, 4.69) is 32.2 Å². The molecule has 1 aromatic heterocycles. The van der Waals surface area contributed by atoms with Crippen LogP contribution in [0.25, 0.3) is 0 Å². The van der Waals surface area contributed by atoms with E-state index in [0.717, 1.165) is 62.9 Å². The molecule has 0 unspecified atom stereocenters. The lowest BCUT2D eigenvalue weighted by Gasteiger charge is -2.35. The minimum absolute atomic E-state index is 0.0641. The highest BCUT2D eigenvalue weighted by Crippen LogP contribution is 2.33. The molecule has 2 aromatic rings. The Bertz CT molecular complexity index is 876. The molecular formula is C21H24N4O3. The number of nitrogens with zero attached hydrogens (tertiary/aromatic N) is 3. The molecule has 1 saturated carbocycles. The van der Waals surface area contributed by atoms with Crippen LogP contribution in [0, 0.1) is 0 Å². The number of amides is 1. The summed E-state index contributed by atoms with van der Waals surface area (Å²) in [5.41, 5.74) is 1.74. The summed E-state index contributed by atoms with van der Waals surface area (Å²) in [6.07, 6.45) is 2.16. The smallest absolute Gasteiger partial charge is 0.270 e. The van der Waals surface area contributed by atoms with Crippen LogP contribution in [0.2, 0.25) is 0 Å². The molecule has 1 saturated heterocycles. The van der Waals surface area contributed by atoms with Crippen LogP contribution in [0.5, 0.6) is 11.5 Å². The van der Waals surface area contributed by atoms with Gasteiger partial charge in [0.2, 0.25) is 6.79 Å². The number of ether oxygens (including phenoxy) is 2. The number of carbonyl (C=O) groups is 1. The molecule has 1 aliphatic carbocycles. The van der Waals surface area contributed by atoms with Gasteiger partial charge in [-0.05, 0) is 42.7 Å². The topological polar surface area (TPSA) is 66.9 Å². The van der Waals surface area contributed by atoms with Crippen LogP contribution in [-0.2, 0) is 6.54 Å². The molecular weight excluding hydrogens is 356 g/mol. The van der Waals surface area contributed by atoms with E-state index in [0.29, 0.717) is 18.5 Å². The Kier molecular flexibility index (Phi) is 4.52. The van der Waals surface area contributed by atoms with Gasteiger partial charge >= 0.3 is 0 Å². The molecule has 1 N–H and O–H groups in total. The number of pyridine rings is 1. The Hall–Kier alpha value is -2.80. The summed E-state index contributed by atoms with van der Waals surface area (Å²) < 4.78 is 10.9. The number of hydrogen-bond donors (Lipinski definition) is 1. The van der Waals surface area contributed by atoms with E-state index in [1.165, 1.54) is 5.56 Å². The Morgan fingerprint density at radius 1 is 1.07 bits per heavy atom. The van der Waals surface area contributed by atoms with E-state index in [4.69, 9.17) is 9.47 Å². The first-order valence-electron chi connectivity index (χ1n) is 9.88. The fraction of sp³-hybridized carbons (Fsp3) is 0.429. The average molecular weight is 380 g/mol. The summed E-state index contributed by atoms with van der Waals surface area (Å²) in [6, 6.07) is 12.2. The van der Waals surface area contributed by atoms with Crippen molar-refractivity contribution < 1.29 is 14.3 Å². The number of carbonyl (C=O) groups excluding carboxylic acids is 1. The van der Waals surface area contributed by atoms with Gasteiger partial charge in [0, 0.05) is 38.8 Å². The van der Waals surface area contributed by atoms with Crippen molar-refractivity contribution in [2.75, 3.05) is 37.9 Å². The molecule has 0 radical (unpaired) electrons. The minimum Gasteiger partial charge on any atom is -0.454 e. The van der Waals surface area contributed by atoms with Gasteiger partial charge in [0.25, 0.3) is 5.91 Å². The highest BCUT2D eigenvalue weighted by Gasteiger charge is 2.25. The van der Waals surface area contributed by atoms with Crippen molar-refractivity contribution in [3.63, 3.8) is 0 Å². The van der Waals surface area contributed by atoms with Crippen molar-refractivity contribution in [2.24, 2.45) is 0 Å². The summed E-state index contributed by atoms with van der Waals surface area (Å²) in [4.78, 5) is 21.5. The van der Waals surface area contributed by atoms with Gasteiger partial charge in [-0.25, -0.2) is 4.98 Å². The molecule has 7 heteroatoms. The number of aromatic nitrogens is 1. The molecule has 5 rings (SSSR count). The van der Waals surface area contributed by atoms with E-state index in [1.54, 1.807) is 6.07 Å². The van der Waals surface area contributed by atoms with Crippen LogP contribution in [0.1, 0.15) is 28.9 Å². The molecule has 2 fully saturated rings. The number of rotatable bonds is 5. The van der Waals surface area contributed by atoms with E-state index in [9.17, 15) is 4.79 Å². The van der Waals surface area contributed by atoms with Gasteiger partial charge in [-0.3, -0.25) is 9.69 Å². The standard InChI is InChI=1S/C21H24N4O3/c26-21(22-16-5-6-16)17-2-1-3-20(23-17)25-10-8-24(9-11-25)13-15-4-7-18-19(12-15)28-14-27-18/h1-4,7,12,16H,5-6,8-11,13-14H2,(H,22,26). The normalized spacial score (nSPS) is 18.9. The zero-order chi connectivity index (χ0) is 18.9. The lowest BCUT2D eigenvalue weighted by atomic mass is 10.1. The summed E-state index contributed by atoms with van der Waals surface area (Å²) in [7, 11) is 0. The van der Waals surface area contributed by atoms with E-state index >= 15 is 0 Å². The highest BCUT2D eigenvalue weighted by molar-refractivity contribution is 5.93. The number of piperazine rings is 1. The molecule has 28 heavy (non-hydrogen) atoms. The average Bonchev–Trinajstić information content (AvgIpc) is 3.42. The fourth-order valence-corrected chi connectivity index (χ4v) is 3.65. The third kappa shape index (κ3) is 3.75. The second kappa shape index (κ2) is 7.31. The third-order valence-electron chi connectivity index (χ3n) is 5.42. The van der Waals surface area contributed by atoms with E-state index in [1.807, 2.05) is 18.2 Å². The van der Waals surface area contributed by atoms with Gasteiger partial charge in [-0.1, -0.05) is 12.1 Å². The van der Waals surface area contributed by atoms with Gasteiger partial charge < -0.3 is 19.7 Å². The van der Waals surface area contributed by atoms with E-state index < -0.39 is 0 Å². The summed E-state index contributed by atoms with van der Waals surface area (Å²) in [6.45, 7) is 4.89. The number of fused-ring (bicyclic) bond motifs is 1. The third-order valence-corrected chi connectivity index (χ3v) is 5.42. The van der Waals surface area contributed by atoms with Crippen molar-refractivity contribution in [2.45, 2.75) is 25.4 Å². The second-order valence-corrected chi connectivity index (χ2v) is 7.58. The van der Waals surface area contributed by atoms with Crippen LogP contribution in [-0.4, -0.2) is 54.8 Å². The molecule has 0 atom stereocenters. The van der Waals surface area contributed by atoms with Crippen molar-refractivity contribution in [3.8, 4) is 11.5 Å². The Morgan fingerprint density at radius 3 is 2.71 bits per heavy atom. The van der Waals surface area contributed by atoms with Gasteiger partial charge in [0.1, 0.15) is 11.5 Å². The largest absolute Gasteiger partial charge is 0.454 e. The number of benzene rings is 1. The van der Waals surface area contributed by atoms with Crippen molar-refractivity contribution >= 4 is 11.7 Å². The maximum absolute atomic E-state index is 12.2. The van der Waals surface area contributed by atoms with Crippen molar-refractivity contribution in [3.05, 3.63) is 47.7 Å². The Labute approximate surface area is 164 Å². The zero-order valence-electron chi connectivity index (χ0n) is 15.8. The van der Waals surface area contributed by atoms with Gasteiger partial charge in [0.15, 0.2) is 11.5 Å². The SMILES string of the molecule is O=C(NC1CC1)c1cccc(N2CCN(Cc3ccc4c(c3)OCO4)CC2)n1. The molecule has 0 bridgehead atoms. The predicted octanol–water partition coefficient (Wildman–Crippen LogP) is 2.02. The van der Waals surface area contributed by atoms with Crippen LogP contribution in [0.15, 0.2) is 36.4 Å². The van der Waals surface area contributed by atoms with Gasteiger partial charge in [-0.15, -0.1) is 0 Å². The van der Waals surface area contributed by atoms with Gasteiger partial charge in [0.05, 0.1) is 0 Å². The molecule has 3 heterocycles. The van der Waals surface area contributed by atoms with Crippen molar-refractivity contribution in [1.29, 1.82) is 0 Å². The fourth-order valence-electron chi connectivity index (χ4n) is 3.65. The Balaban J connectivity index is 1.18. The minimum atomic E-state index is -0.0641. The molecule has 1 amide bonds. The lowest BCUT2D eigenvalue weighted by molar-refractivity contribution is 0.0946. The molecule has 0 spiro atoms. The molecule has 2 aliphatic heterocycles. The van der Waals surface area contributed by atoms with Gasteiger partial charge in [-0.2, -0.15) is 0 Å². The first kappa shape index (κ1) is 17.3. The highest BCUT2D eigenvalue weighted by atomic mass is 16.7. The van der Waals surface area contributed by atoms with E-state index in [-0.39, 0.29) is 5.91 Å². The number of anilines is 1. The van der Waals surface area contributed by atoms with Crippen LogP contribution in [0.3, 0.4) is 0 Å². The van der Waals surface area contributed by atoms with Crippen LogP contribution >= 0.6 is 0 Å². The van der Waals surface area contributed by atoms with Crippen LogP contribution < -0.4 is 19.7 Å². The monoisotopic (exact) mass is 380 g/mol. The first-order valence-corrected chi connectivity index (χ1v) is 9.88. The lowest BCUT2D eigenvalue weighted by Crippen LogP contribution is -2.46. The molecule has 3 aliphatic rings. The summed E-state index contributed by atoms with van der Waals surface area (Å²) in [5, 5.41) is 3.01. The summed E-state index contributed by atoms with van der Waals surface area (Å²) in [5.74, 6) is 2.48. The predicted molar refractivity (Wildman–Crippen MR) is 105 cm³/mol. The maximum atomic E-state index is 12.2. The maximum Gasteiger partial charge on any atom is 0.270 e. The second-order valence-electron chi connectivity index (χ2n) is 7.58.